The zero-order chi connectivity index (χ0) is 29.0. The van der Waals surface area contributed by atoms with Crippen LogP contribution in [0.1, 0.15) is 22.9 Å². The average molecular weight is 567 g/mol. The van der Waals surface area contributed by atoms with E-state index < -0.39 is 0 Å². The highest BCUT2D eigenvalue weighted by Crippen LogP contribution is 2.39. The molecule has 0 amide bonds. The first-order valence-corrected chi connectivity index (χ1v) is 14.8. The molecule has 208 valence electrons. The van der Waals surface area contributed by atoms with Crippen molar-refractivity contribution in [1.82, 2.24) is 9.88 Å². The van der Waals surface area contributed by atoms with E-state index >= 15 is 0 Å². The Kier molecular flexibility index (Phi) is 5.50. The van der Waals surface area contributed by atoms with E-state index in [2.05, 4.69) is 107 Å². The molecule has 1 aliphatic rings. The molecule has 2 aromatic heterocycles. The summed E-state index contributed by atoms with van der Waals surface area (Å²) in [6.07, 6.45) is -0.275. The first-order chi connectivity index (χ1) is 21.8. The van der Waals surface area contributed by atoms with Crippen molar-refractivity contribution in [2.75, 3.05) is 0 Å². The fourth-order valence-electron chi connectivity index (χ4n) is 6.45. The predicted octanol–water partition coefficient (Wildman–Crippen LogP) is 9.18. The molecule has 5 heteroatoms. The third-order valence-corrected chi connectivity index (χ3v) is 8.45. The van der Waals surface area contributed by atoms with Crippen LogP contribution < -0.4 is 5.32 Å². The first kappa shape index (κ1) is 24.6. The molecule has 0 saturated heterocycles. The number of fused-ring (bicyclic) bond motifs is 6. The van der Waals surface area contributed by atoms with Crippen LogP contribution in [0, 0.1) is 0 Å². The van der Waals surface area contributed by atoms with Crippen LogP contribution in [-0.2, 0) is 0 Å². The molecule has 44 heavy (non-hydrogen) atoms. The zero-order valence-corrected chi connectivity index (χ0v) is 23.7. The van der Waals surface area contributed by atoms with Crippen molar-refractivity contribution >= 4 is 55.4 Å². The zero-order valence-electron chi connectivity index (χ0n) is 23.7. The number of nitrogens with one attached hydrogen (secondary N) is 1. The van der Waals surface area contributed by atoms with E-state index in [1.165, 1.54) is 16.3 Å². The molecule has 0 radical (unpaired) electrons. The minimum atomic E-state index is -0.275. The van der Waals surface area contributed by atoms with Gasteiger partial charge in [0.25, 0.3) is 0 Å². The van der Waals surface area contributed by atoms with E-state index in [1.807, 2.05) is 48.5 Å². The highest BCUT2D eigenvalue weighted by atomic mass is 16.3. The molecule has 6 aromatic carbocycles. The van der Waals surface area contributed by atoms with E-state index in [1.54, 1.807) is 0 Å². The van der Waals surface area contributed by atoms with Crippen molar-refractivity contribution in [3.05, 3.63) is 162 Å². The maximum Gasteiger partial charge on any atom is 0.159 e. The number of amidine groups is 2. The van der Waals surface area contributed by atoms with E-state index in [0.717, 1.165) is 55.7 Å². The van der Waals surface area contributed by atoms with Gasteiger partial charge in [-0.15, -0.1) is 0 Å². The highest BCUT2D eigenvalue weighted by molar-refractivity contribution is 6.24. The van der Waals surface area contributed by atoms with Crippen LogP contribution in [0.2, 0.25) is 0 Å². The summed E-state index contributed by atoms with van der Waals surface area (Å²) in [5.41, 5.74) is 8.10. The minimum absolute atomic E-state index is 0.275. The topological polar surface area (TPSA) is 54.8 Å². The standard InChI is InChI=1S/C39H26N4O/c1-4-13-25(14-5-1)37-40-38(26-15-6-2-7-16-26)42-39(41-37)29-20-12-22-34-36(29)31-23-30-28-19-10-11-21-32(28)43(27-17-8-3-9-18-27)33(30)24-35(31)44-34/h1-24,37H,(H,40,41,42). The van der Waals surface area contributed by atoms with Crippen molar-refractivity contribution in [2.24, 2.45) is 9.98 Å². The van der Waals surface area contributed by atoms with Crippen molar-refractivity contribution in [2.45, 2.75) is 6.17 Å². The van der Waals surface area contributed by atoms with Gasteiger partial charge >= 0.3 is 0 Å². The summed E-state index contributed by atoms with van der Waals surface area (Å²) in [6, 6.07) is 50.2. The third kappa shape index (κ3) is 3.87. The molecular formula is C39H26N4O. The molecule has 0 bridgehead atoms. The Balaban J connectivity index is 1.29. The Morgan fingerprint density at radius 1 is 0.591 bits per heavy atom. The maximum atomic E-state index is 6.58. The van der Waals surface area contributed by atoms with Gasteiger partial charge in [-0.1, -0.05) is 109 Å². The lowest BCUT2D eigenvalue weighted by Crippen LogP contribution is -2.33. The summed E-state index contributed by atoms with van der Waals surface area (Å²) in [7, 11) is 0. The van der Waals surface area contributed by atoms with Crippen LogP contribution in [0.5, 0.6) is 0 Å². The molecule has 1 unspecified atom stereocenters. The molecule has 1 N–H and O–H groups in total. The highest BCUT2D eigenvalue weighted by Gasteiger charge is 2.24. The lowest BCUT2D eigenvalue weighted by atomic mass is 10.0. The number of aromatic nitrogens is 1. The number of hydrogen-bond donors (Lipinski definition) is 1. The normalized spacial score (nSPS) is 15.0. The molecule has 0 aliphatic carbocycles. The number of benzene rings is 6. The predicted molar refractivity (Wildman–Crippen MR) is 180 cm³/mol. The molecule has 5 nitrogen and oxygen atoms in total. The van der Waals surface area contributed by atoms with Gasteiger partial charge in [-0.3, -0.25) is 0 Å². The summed E-state index contributed by atoms with van der Waals surface area (Å²) < 4.78 is 8.89. The van der Waals surface area contributed by atoms with Crippen molar-refractivity contribution in [3.63, 3.8) is 0 Å². The average Bonchev–Trinajstić information content (AvgIpc) is 3.63. The van der Waals surface area contributed by atoms with E-state index in [-0.39, 0.29) is 6.17 Å². The number of aliphatic imine (C=N–C) groups is 2. The lowest BCUT2D eigenvalue weighted by molar-refractivity contribution is 0.668. The number of furan rings is 1. The summed E-state index contributed by atoms with van der Waals surface area (Å²) in [5.74, 6) is 1.47. The molecule has 1 atom stereocenters. The number of hydrogen-bond acceptors (Lipinski definition) is 4. The van der Waals surface area contributed by atoms with Crippen molar-refractivity contribution in [1.29, 1.82) is 0 Å². The van der Waals surface area contributed by atoms with Gasteiger partial charge in [-0.25, -0.2) is 9.98 Å². The van der Waals surface area contributed by atoms with Gasteiger partial charge < -0.3 is 14.3 Å². The summed E-state index contributed by atoms with van der Waals surface area (Å²) in [5, 5.41) is 8.12. The van der Waals surface area contributed by atoms with Gasteiger partial charge in [0.1, 0.15) is 23.2 Å². The van der Waals surface area contributed by atoms with Gasteiger partial charge in [-0.2, -0.15) is 0 Å². The molecule has 0 spiro atoms. The van der Waals surface area contributed by atoms with Crippen LogP contribution in [0.4, 0.5) is 0 Å². The fourth-order valence-corrected chi connectivity index (χ4v) is 6.45. The smallest absolute Gasteiger partial charge is 0.159 e. The Morgan fingerprint density at radius 2 is 1.32 bits per heavy atom. The summed E-state index contributed by atoms with van der Waals surface area (Å²) in [4.78, 5) is 10.1. The lowest BCUT2D eigenvalue weighted by Gasteiger charge is -2.24. The largest absolute Gasteiger partial charge is 0.456 e. The maximum absolute atomic E-state index is 6.58. The summed E-state index contributed by atoms with van der Waals surface area (Å²) in [6.45, 7) is 0. The van der Waals surface area contributed by atoms with Gasteiger partial charge in [-0.05, 0) is 35.9 Å². The minimum Gasteiger partial charge on any atom is -0.456 e. The van der Waals surface area contributed by atoms with Crippen molar-refractivity contribution < 1.29 is 4.42 Å². The quantitative estimate of drug-likeness (QED) is 0.231. The molecule has 0 fully saturated rings. The number of para-hydroxylation sites is 2. The van der Waals surface area contributed by atoms with E-state index in [0.29, 0.717) is 5.84 Å². The van der Waals surface area contributed by atoms with Gasteiger partial charge in [0.05, 0.1) is 11.0 Å². The molecule has 1 aliphatic heterocycles. The monoisotopic (exact) mass is 566 g/mol. The van der Waals surface area contributed by atoms with Crippen LogP contribution >= 0.6 is 0 Å². The first-order valence-electron chi connectivity index (χ1n) is 14.8. The second-order valence-electron chi connectivity index (χ2n) is 11.1. The second-order valence-corrected chi connectivity index (χ2v) is 11.1. The molecule has 3 heterocycles. The second kappa shape index (κ2) is 9.82. The molecule has 9 rings (SSSR count). The number of nitrogens with zero attached hydrogens (tertiary/aromatic N) is 3. The van der Waals surface area contributed by atoms with Crippen molar-refractivity contribution in [3.8, 4) is 5.69 Å². The van der Waals surface area contributed by atoms with Crippen LogP contribution in [0.15, 0.2) is 160 Å². The van der Waals surface area contributed by atoms with Crippen LogP contribution in [-0.4, -0.2) is 16.2 Å². The Morgan fingerprint density at radius 3 is 2.14 bits per heavy atom. The van der Waals surface area contributed by atoms with Crippen LogP contribution in [0.25, 0.3) is 49.4 Å². The van der Waals surface area contributed by atoms with E-state index in [4.69, 9.17) is 14.4 Å². The van der Waals surface area contributed by atoms with E-state index in [9.17, 15) is 0 Å². The Hall–Kier alpha value is -5.94. The Labute approximate surface area is 253 Å². The molecule has 8 aromatic rings. The number of rotatable bonds is 4. The molecular weight excluding hydrogens is 540 g/mol. The molecule has 0 saturated carbocycles. The SMILES string of the molecule is c1ccc(C2=NC(c3ccccc3)NC(c3cccc4oc5cc6c(cc5c34)c3ccccc3n6-c3ccccc3)=N2)cc1. The fraction of sp³-hybridized carbons (Fsp3) is 0.0256. The van der Waals surface area contributed by atoms with Gasteiger partial charge in [0, 0.05) is 44.4 Å². The third-order valence-electron chi connectivity index (χ3n) is 8.45. The van der Waals surface area contributed by atoms with Gasteiger partial charge in [0.15, 0.2) is 5.84 Å². The van der Waals surface area contributed by atoms with Gasteiger partial charge in [0.2, 0.25) is 0 Å². The Bertz CT molecular complexity index is 2400. The summed E-state index contributed by atoms with van der Waals surface area (Å²) >= 11 is 0. The van der Waals surface area contributed by atoms with Crippen LogP contribution in [0.3, 0.4) is 0 Å².